The third-order valence-electron chi connectivity index (χ3n) is 6.58. The second-order valence-electron chi connectivity index (χ2n) is 9.96. The van der Waals surface area contributed by atoms with Crippen molar-refractivity contribution in [3.63, 3.8) is 0 Å². The van der Waals surface area contributed by atoms with E-state index in [1.54, 1.807) is 11.3 Å². The molecule has 35 heavy (non-hydrogen) atoms. The SMILES string of the molecule is CC(C)(C)[Si](C)(C)OCc1ncc(-c2nc(NCCc3c[nH]c4c3C=C=C=C4)c3ncsc3n2)s1. The minimum Gasteiger partial charge on any atom is -0.410 e. The molecule has 2 N–H and O–H groups in total. The quantitative estimate of drug-likeness (QED) is 0.179. The van der Waals surface area contributed by atoms with Crippen LogP contribution in [0.3, 0.4) is 0 Å². The van der Waals surface area contributed by atoms with Gasteiger partial charge in [0.1, 0.15) is 15.4 Å². The van der Waals surface area contributed by atoms with E-state index >= 15 is 0 Å². The summed E-state index contributed by atoms with van der Waals surface area (Å²) in [6, 6.07) is 0. The van der Waals surface area contributed by atoms with Gasteiger partial charge in [0, 0.05) is 30.6 Å². The van der Waals surface area contributed by atoms with Crippen LogP contribution in [0.4, 0.5) is 5.82 Å². The normalized spacial score (nSPS) is 13.1. The van der Waals surface area contributed by atoms with E-state index in [9.17, 15) is 0 Å². The van der Waals surface area contributed by atoms with Gasteiger partial charge in [-0.3, -0.25) is 0 Å². The number of aromatic amines is 1. The molecule has 1 aliphatic rings. The maximum Gasteiger partial charge on any atom is 0.192 e. The number of nitrogens with one attached hydrogen (secondary N) is 2. The smallest absolute Gasteiger partial charge is 0.192 e. The predicted octanol–water partition coefficient (Wildman–Crippen LogP) is 6.51. The number of nitrogens with zero attached hydrogens (tertiary/aromatic N) is 4. The van der Waals surface area contributed by atoms with E-state index in [2.05, 4.69) is 65.6 Å². The van der Waals surface area contributed by atoms with Gasteiger partial charge < -0.3 is 14.7 Å². The van der Waals surface area contributed by atoms with Crippen LogP contribution in [0.25, 0.3) is 33.2 Å². The molecule has 0 amide bonds. The van der Waals surface area contributed by atoms with Crippen molar-refractivity contribution >= 4 is 59.3 Å². The van der Waals surface area contributed by atoms with Gasteiger partial charge in [0.25, 0.3) is 0 Å². The third kappa shape index (κ3) is 4.95. The summed E-state index contributed by atoms with van der Waals surface area (Å²) >= 11 is 3.10. The molecule has 4 heterocycles. The highest BCUT2D eigenvalue weighted by Crippen LogP contribution is 2.37. The van der Waals surface area contributed by atoms with Crippen LogP contribution in [0.15, 0.2) is 29.4 Å². The van der Waals surface area contributed by atoms with Crippen LogP contribution >= 0.6 is 22.7 Å². The second kappa shape index (κ2) is 9.31. The Morgan fingerprint density at radius 2 is 1.97 bits per heavy atom. The van der Waals surface area contributed by atoms with Gasteiger partial charge in [-0.25, -0.2) is 19.9 Å². The fraction of sp³-hybridized carbons (Fsp3) is 0.360. The minimum absolute atomic E-state index is 0.164. The summed E-state index contributed by atoms with van der Waals surface area (Å²) in [5.41, 5.74) is 12.1. The van der Waals surface area contributed by atoms with Crippen LogP contribution in [0.1, 0.15) is 42.6 Å². The van der Waals surface area contributed by atoms with Crippen molar-refractivity contribution in [3.8, 4) is 10.7 Å². The van der Waals surface area contributed by atoms with Gasteiger partial charge in [0.2, 0.25) is 0 Å². The summed E-state index contributed by atoms with van der Waals surface area (Å²) in [5.74, 6) is 1.41. The van der Waals surface area contributed by atoms with E-state index in [-0.39, 0.29) is 5.04 Å². The van der Waals surface area contributed by atoms with E-state index in [1.165, 1.54) is 22.5 Å². The molecule has 0 aliphatic heterocycles. The molecular formula is C25H28N6OS2Si. The third-order valence-corrected chi connectivity index (χ3v) is 12.7. The maximum atomic E-state index is 6.35. The van der Waals surface area contributed by atoms with Gasteiger partial charge in [0.15, 0.2) is 20.0 Å². The molecule has 1 aliphatic carbocycles. The minimum atomic E-state index is -1.84. The molecule has 10 heteroatoms. The van der Waals surface area contributed by atoms with Gasteiger partial charge >= 0.3 is 0 Å². The van der Waals surface area contributed by atoms with Crippen LogP contribution in [0.2, 0.25) is 18.1 Å². The number of thiazole rings is 2. The highest BCUT2D eigenvalue weighted by atomic mass is 32.1. The van der Waals surface area contributed by atoms with E-state index in [0.29, 0.717) is 12.4 Å². The lowest BCUT2D eigenvalue weighted by Crippen LogP contribution is -2.40. The summed E-state index contributed by atoms with van der Waals surface area (Å²) in [7, 11) is -1.84. The number of aromatic nitrogens is 5. The molecule has 7 nitrogen and oxygen atoms in total. The first-order valence-electron chi connectivity index (χ1n) is 11.5. The highest BCUT2D eigenvalue weighted by Gasteiger charge is 2.37. The average molecular weight is 521 g/mol. The highest BCUT2D eigenvalue weighted by molar-refractivity contribution is 7.16. The lowest BCUT2D eigenvalue weighted by atomic mass is 10.1. The number of hydrogen-bond acceptors (Lipinski definition) is 8. The van der Waals surface area contributed by atoms with Crippen molar-refractivity contribution < 1.29 is 4.43 Å². The van der Waals surface area contributed by atoms with Crippen LogP contribution < -0.4 is 5.32 Å². The molecular weight excluding hydrogens is 493 g/mol. The zero-order chi connectivity index (χ0) is 24.6. The Morgan fingerprint density at radius 1 is 1.14 bits per heavy atom. The lowest BCUT2D eigenvalue weighted by Gasteiger charge is -2.35. The molecule has 4 aromatic heterocycles. The summed E-state index contributed by atoms with van der Waals surface area (Å²) in [6.07, 6.45) is 8.63. The molecule has 4 aromatic rings. The average Bonchev–Trinajstić information content (AvgIpc) is 3.56. The Kier molecular flexibility index (Phi) is 6.35. The zero-order valence-electron chi connectivity index (χ0n) is 20.5. The number of anilines is 1. The molecule has 0 saturated heterocycles. The van der Waals surface area contributed by atoms with Crippen LogP contribution in [0, 0.1) is 0 Å². The first-order chi connectivity index (χ1) is 16.7. The standard InChI is InChI=1S/C25H28N6OS2Si/c1-25(2,3)35(4,5)32-14-20-28-13-19(34-20)22-30-23(21-24(31-22)33-15-29-21)26-11-10-16-12-27-18-9-7-6-8-17(16)18/h8-9,12-13,15,27H,10-11,14H2,1-5H3,(H,26,30,31). The van der Waals surface area contributed by atoms with E-state index in [1.807, 2.05) is 30.1 Å². The van der Waals surface area contributed by atoms with Gasteiger partial charge in [-0.15, -0.1) is 22.7 Å². The monoisotopic (exact) mass is 520 g/mol. The van der Waals surface area contributed by atoms with Crippen LogP contribution in [0.5, 0.6) is 0 Å². The molecule has 0 unspecified atom stereocenters. The second-order valence-corrected chi connectivity index (χ2v) is 16.7. The van der Waals surface area contributed by atoms with Crippen molar-refractivity contribution in [2.24, 2.45) is 0 Å². The summed E-state index contributed by atoms with van der Waals surface area (Å²) in [6.45, 7) is 12.5. The Hall–Kier alpha value is -2.84. The van der Waals surface area contributed by atoms with E-state index in [0.717, 1.165) is 44.7 Å². The predicted molar refractivity (Wildman–Crippen MR) is 147 cm³/mol. The number of rotatable bonds is 8. The summed E-state index contributed by atoms with van der Waals surface area (Å²) < 4.78 is 6.35. The van der Waals surface area contributed by atoms with E-state index in [4.69, 9.17) is 14.4 Å². The fourth-order valence-electron chi connectivity index (χ4n) is 3.47. The van der Waals surface area contributed by atoms with Crippen molar-refractivity contribution in [2.45, 2.75) is 51.9 Å². The Morgan fingerprint density at radius 3 is 2.80 bits per heavy atom. The fourth-order valence-corrected chi connectivity index (χ4v) is 5.93. The maximum absolute atomic E-state index is 6.35. The molecule has 0 spiro atoms. The van der Waals surface area contributed by atoms with Crippen LogP contribution in [-0.4, -0.2) is 39.8 Å². The molecule has 180 valence electrons. The van der Waals surface area contributed by atoms with Crippen molar-refractivity contribution in [1.29, 1.82) is 0 Å². The number of fused-ring (bicyclic) bond motifs is 2. The van der Waals surface area contributed by atoms with Gasteiger partial charge in [-0.2, -0.15) is 0 Å². The van der Waals surface area contributed by atoms with Crippen LogP contribution in [-0.2, 0) is 17.5 Å². The lowest BCUT2D eigenvalue weighted by molar-refractivity contribution is 0.276. The van der Waals surface area contributed by atoms with Gasteiger partial charge in [0.05, 0.1) is 22.7 Å². The molecule has 0 bridgehead atoms. The van der Waals surface area contributed by atoms with Crippen molar-refractivity contribution in [3.05, 3.63) is 51.2 Å². The molecule has 0 saturated carbocycles. The summed E-state index contributed by atoms with van der Waals surface area (Å²) in [4.78, 5) is 23.8. The largest absolute Gasteiger partial charge is 0.410 e. The van der Waals surface area contributed by atoms with Crippen molar-refractivity contribution in [2.75, 3.05) is 11.9 Å². The zero-order valence-corrected chi connectivity index (χ0v) is 23.2. The molecule has 5 rings (SSSR count). The Labute approximate surface area is 213 Å². The molecule has 0 aromatic carbocycles. The first kappa shape index (κ1) is 23.9. The Bertz CT molecular complexity index is 1480. The summed E-state index contributed by atoms with van der Waals surface area (Å²) in [5, 5.41) is 4.59. The first-order valence-corrected chi connectivity index (χ1v) is 16.1. The molecule has 0 radical (unpaired) electrons. The Balaban J connectivity index is 1.31. The van der Waals surface area contributed by atoms with Gasteiger partial charge in [-0.1, -0.05) is 32.2 Å². The number of H-pyrrole nitrogens is 1. The topological polar surface area (TPSA) is 88.6 Å². The van der Waals surface area contributed by atoms with E-state index < -0.39 is 8.32 Å². The molecule has 0 atom stereocenters. The van der Waals surface area contributed by atoms with Crippen molar-refractivity contribution in [1.82, 2.24) is 24.9 Å². The number of hydrogen-bond donors (Lipinski definition) is 2. The van der Waals surface area contributed by atoms with Gasteiger partial charge in [-0.05, 0) is 36.2 Å². The molecule has 0 fully saturated rings.